The maximum Gasteiger partial charge on any atom is 0.347 e. The number of carbonyl (C=O) groups is 2. The Kier molecular flexibility index (Phi) is 6.72. The molecule has 0 heterocycles. The van der Waals surface area contributed by atoms with E-state index < -0.39 is 18.0 Å². The van der Waals surface area contributed by atoms with Gasteiger partial charge in [-0.25, -0.2) is 9.59 Å². The lowest BCUT2D eigenvalue weighted by Gasteiger charge is -2.15. The molecule has 1 atom stereocenters. The van der Waals surface area contributed by atoms with Crippen LogP contribution in [0.15, 0.2) is 24.3 Å². The van der Waals surface area contributed by atoms with Crippen molar-refractivity contribution in [3.63, 3.8) is 0 Å². The fraction of sp³-hybridized carbons (Fsp3) is 0.500. The van der Waals surface area contributed by atoms with Crippen molar-refractivity contribution in [2.24, 2.45) is 5.92 Å². The summed E-state index contributed by atoms with van der Waals surface area (Å²) in [6.07, 6.45) is -0.735. The van der Waals surface area contributed by atoms with E-state index in [4.69, 9.17) is 14.2 Å². The minimum Gasteiger partial charge on any atom is -0.479 e. The zero-order valence-electron chi connectivity index (χ0n) is 12.9. The van der Waals surface area contributed by atoms with E-state index in [1.807, 2.05) is 13.8 Å². The fourth-order valence-electron chi connectivity index (χ4n) is 1.53. The molecule has 0 saturated heterocycles. The number of ether oxygens (including phenoxy) is 3. The molecule has 0 aromatic heterocycles. The first kappa shape index (κ1) is 17.0. The topological polar surface area (TPSA) is 61.8 Å². The van der Waals surface area contributed by atoms with Crippen LogP contribution in [0.4, 0.5) is 0 Å². The van der Waals surface area contributed by atoms with Gasteiger partial charge in [-0.05, 0) is 38.0 Å². The SMILES string of the molecule is CCOC(=O)c1cccc(OC(C)C(=O)OCC(C)C)c1. The fourth-order valence-corrected chi connectivity index (χ4v) is 1.53. The molecule has 1 unspecified atom stereocenters. The molecule has 5 heteroatoms. The second-order valence-corrected chi connectivity index (χ2v) is 5.03. The van der Waals surface area contributed by atoms with Gasteiger partial charge in [0.15, 0.2) is 6.10 Å². The van der Waals surface area contributed by atoms with Crippen LogP contribution in [0.5, 0.6) is 5.75 Å². The number of carbonyl (C=O) groups excluding carboxylic acids is 2. The molecule has 116 valence electrons. The van der Waals surface area contributed by atoms with Crippen molar-refractivity contribution in [3.8, 4) is 5.75 Å². The third kappa shape index (κ3) is 5.85. The summed E-state index contributed by atoms with van der Waals surface area (Å²) in [6.45, 7) is 7.94. The molecule has 1 rings (SSSR count). The minimum absolute atomic E-state index is 0.272. The van der Waals surface area contributed by atoms with E-state index >= 15 is 0 Å². The Balaban J connectivity index is 2.63. The Morgan fingerprint density at radius 2 is 1.86 bits per heavy atom. The lowest BCUT2D eigenvalue weighted by atomic mass is 10.2. The van der Waals surface area contributed by atoms with Gasteiger partial charge < -0.3 is 14.2 Å². The van der Waals surface area contributed by atoms with E-state index in [2.05, 4.69) is 0 Å². The molecule has 21 heavy (non-hydrogen) atoms. The molecule has 5 nitrogen and oxygen atoms in total. The highest BCUT2D eigenvalue weighted by Crippen LogP contribution is 2.16. The van der Waals surface area contributed by atoms with Crippen molar-refractivity contribution < 1.29 is 23.8 Å². The van der Waals surface area contributed by atoms with Gasteiger partial charge in [-0.2, -0.15) is 0 Å². The average molecular weight is 294 g/mol. The Morgan fingerprint density at radius 1 is 1.14 bits per heavy atom. The van der Waals surface area contributed by atoms with Crippen molar-refractivity contribution >= 4 is 11.9 Å². The minimum atomic E-state index is -0.735. The van der Waals surface area contributed by atoms with Crippen LogP contribution in [-0.2, 0) is 14.3 Å². The second kappa shape index (κ2) is 8.29. The highest BCUT2D eigenvalue weighted by atomic mass is 16.6. The Hall–Kier alpha value is -2.04. The van der Waals surface area contributed by atoms with Gasteiger partial charge in [0.1, 0.15) is 5.75 Å². The van der Waals surface area contributed by atoms with Crippen molar-refractivity contribution in [1.29, 1.82) is 0 Å². The third-order valence-corrected chi connectivity index (χ3v) is 2.55. The molecule has 1 aromatic carbocycles. The first-order chi connectivity index (χ1) is 9.93. The normalized spacial score (nSPS) is 11.9. The van der Waals surface area contributed by atoms with E-state index in [1.54, 1.807) is 38.1 Å². The summed E-state index contributed by atoms with van der Waals surface area (Å²) in [5.74, 6) is -0.147. The molecule has 0 aliphatic heterocycles. The van der Waals surface area contributed by atoms with Gasteiger partial charge in [0.2, 0.25) is 0 Å². The highest BCUT2D eigenvalue weighted by Gasteiger charge is 2.17. The van der Waals surface area contributed by atoms with E-state index in [0.29, 0.717) is 24.5 Å². The molecule has 0 fully saturated rings. The Bertz CT molecular complexity index is 481. The predicted molar refractivity (Wildman–Crippen MR) is 78.3 cm³/mol. The number of hydrogen-bond acceptors (Lipinski definition) is 5. The van der Waals surface area contributed by atoms with Gasteiger partial charge >= 0.3 is 11.9 Å². The second-order valence-electron chi connectivity index (χ2n) is 5.03. The van der Waals surface area contributed by atoms with Gasteiger partial charge in [0.05, 0.1) is 18.8 Å². The molecule has 0 aliphatic carbocycles. The van der Waals surface area contributed by atoms with Gasteiger partial charge in [-0.1, -0.05) is 19.9 Å². The Morgan fingerprint density at radius 3 is 2.48 bits per heavy atom. The number of hydrogen-bond donors (Lipinski definition) is 0. The molecule has 0 spiro atoms. The Labute approximate surface area is 125 Å². The van der Waals surface area contributed by atoms with Crippen molar-refractivity contribution in [3.05, 3.63) is 29.8 Å². The largest absolute Gasteiger partial charge is 0.479 e. The molecule has 0 aliphatic rings. The third-order valence-electron chi connectivity index (χ3n) is 2.55. The number of rotatable bonds is 7. The zero-order chi connectivity index (χ0) is 15.8. The molecular weight excluding hydrogens is 272 g/mol. The quantitative estimate of drug-likeness (QED) is 0.724. The molecule has 0 saturated carbocycles. The predicted octanol–water partition coefficient (Wildman–Crippen LogP) is 2.83. The first-order valence-electron chi connectivity index (χ1n) is 7.04. The summed E-state index contributed by atoms with van der Waals surface area (Å²) in [5, 5.41) is 0. The van der Waals surface area contributed by atoms with E-state index in [9.17, 15) is 9.59 Å². The summed E-state index contributed by atoms with van der Waals surface area (Å²) < 4.78 is 15.5. The standard InChI is InChI=1S/C16H22O5/c1-5-19-16(18)13-7-6-8-14(9-13)21-12(4)15(17)20-10-11(2)3/h6-9,11-12H,5,10H2,1-4H3. The summed E-state index contributed by atoms with van der Waals surface area (Å²) in [6, 6.07) is 6.53. The van der Waals surface area contributed by atoms with Crippen LogP contribution in [0, 0.1) is 5.92 Å². The molecule has 0 radical (unpaired) electrons. The molecule has 1 aromatic rings. The van der Waals surface area contributed by atoms with E-state index in [0.717, 1.165) is 0 Å². The van der Waals surface area contributed by atoms with Gasteiger partial charge in [0, 0.05) is 0 Å². The van der Waals surface area contributed by atoms with E-state index in [1.165, 1.54) is 0 Å². The van der Waals surface area contributed by atoms with Crippen LogP contribution in [0.25, 0.3) is 0 Å². The van der Waals surface area contributed by atoms with Crippen LogP contribution in [0.3, 0.4) is 0 Å². The van der Waals surface area contributed by atoms with Crippen LogP contribution in [-0.4, -0.2) is 31.3 Å². The first-order valence-corrected chi connectivity index (χ1v) is 7.04. The van der Waals surface area contributed by atoms with Gasteiger partial charge in [-0.3, -0.25) is 0 Å². The maximum absolute atomic E-state index is 11.7. The summed E-state index contributed by atoms with van der Waals surface area (Å²) >= 11 is 0. The monoisotopic (exact) mass is 294 g/mol. The molecule has 0 bridgehead atoms. The van der Waals surface area contributed by atoms with Gasteiger partial charge in [0.25, 0.3) is 0 Å². The molecular formula is C16H22O5. The van der Waals surface area contributed by atoms with E-state index in [-0.39, 0.29) is 5.92 Å². The zero-order valence-corrected chi connectivity index (χ0v) is 12.9. The van der Waals surface area contributed by atoms with Crippen molar-refractivity contribution in [1.82, 2.24) is 0 Å². The van der Waals surface area contributed by atoms with Crippen LogP contribution >= 0.6 is 0 Å². The van der Waals surface area contributed by atoms with Crippen molar-refractivity contribution in [2.45, 2.75) is 33.8 Å². The van der Waals surface area contributed by atoms with Crippen LogP contribution in [0.2, 0.25) is 0 Å². The number of esters is 2. The maximum atomic E-state index is 11.7. The average Bonchev–Trinajstić information content (AvgIpc) is 2.45. The lowest BCUT2D eigenvalue weighted by Crippen LogP contribution is -2.27. The summed E-state index contributed by atoms with van der Waals surface area (Å²) in [4.78, 5) is 23.4. The van der Waals surface area contributed by atoms with Crippen molar-refractivity contribution in [2.75, 3.05) is 13.2 Å². The van der Waals surface area contributed by atoms with Gasteiger partial charge in [-0.15, -0.1) is 0 Å². The number of benzene rings is 1. The van der Waals surface area contributed by atoms with Crippen LogP contribution in [0.1, 0.15) is 38.1 Å². The molecule has 0 amide bonds. The van der Waals surface area contributed by atoms with Crippen LogP contribution < -0.4 is 4.74 Å². The highest BCUT2D eigenvalue weighted by molar-refractivity contribution is 5.89. The molecule has 0 N–H and O–H groups in total. The lowest BCUT2D eigenvalue weighted by molar-refractivity contribution is -0.152. The summed E-state index contributed by atoms with van der Waals surface area (Å²) in [5.41, 5.74) is 0.386. The smallest absolute Gasteiger partial charge is 0.347 e. The summed E-state index contributed by atoms with van der Waals surface area (Å²) in [7, 11) is 0.